The molecule has 0 aliphatic heterocycles. The number of fused-ring (bicyclic) bond motifs is 1. The molecule has 0 saturated carbocycles. The van der Waals surface area contributed by atoms with E-state index in [1.807, 2.05) is 0 Å². The van der Waals surface area contributed by atoms with Gasteiger partial charge >= 0.3 is 0 Å². The first kappa shape index (κ1) is 12.3. The lowest BCUT2D eigenvalue weighted by Crippen LogP contribution is -2.13. The second kappa shape index (κ2) is 4.73. The predicted molar refractivity (Wildman–Crippen MR) is 70.4 cm³/mol. The van der Waals surface area contributed by atoms with Crippen molar-refractivity contribution in [1.82, 2.24) is 10.2 Å². The first-order valence-electron chi connectivity index (χ1n) is 5.84. The summed E-state index contributed by atoms with van der Waals surface area (Å²) in [6.07, 6.45) is 0. The van der Waals surface area contributed by atoms with E-state index in [0.717, 1.165) is 0 Å². The van der Waals surface area contributed by atoms with E-state index in [-0.39, 0.29) is 11.4 Å². The van der Waals surface area contributed by atoms with E-state index in [9.17, 15) is 13.6 Å². The second-order valence-corrected chi connectivity index (χ2v) is 4.20. The molecule has 1 aromatic heterocycles. The van der Waals surface area contributed by atoms with Crippen LogP contribution < -0.4 is 5.32 Å². The largest absolute Gasteiger partial charge is 0.318 e. The number of carbonyl (C=O) groups excluding carboxylic acids is 1. The van der Waals surface area contributed by atoms with Crippen LogP contribution in [0, 0.1) is 11.6 Å². The molecule has 4 nitrogen and oxygen atoms in total. The van der Waals surface area contributed by atoms with Crippen LogP contribution in [0.15, 0.2) is 42.5 Å². The van der Waals surface area contributed by atoms with Crippen molar-refractivity contribution in [3.63, 3.8) is 0 Å². The van der Waals surface area contributed by atoms with Crippen LogP contribution in [0.25, 0.3) is 10.9 Å². The van der Waals surface area contributed by atoms with Crippen molar-refractivity contribution in [1.29, 1.82) is 0 Å². The number of halogens is 2. The van der Waals surface area contributed by atoms with Crippen molar-refractivity contribution in [2.24, 2.45) is 0 Å². The molecule has 100 valence electrons. The SMILES string of the molecule is O=C(Nc1ccccc1F)c1n[nH]c2ccc(F)cc12. The molecule has 0 saturated heterocycles. The van der Waals surface area contributed by atoms with Crippen LogP contribution in [-0.2, 0) is 0 Å². The zero-order chi connectivity index (χ0) is 14.1. The number of hydrogen-bond donors (Lipinski definition) is 2. The van der Waals surface area contributed by atoms with E-state index < -0.39 is 17.5 Å². The molecule has 1 amide bonds. The van der Waals surface area contributed by atoms with Crippen LogP contribution in [0.5, 0.6) is 0 Å². The summed E-state index contributed by atoms with van der Waals surface area (Å²) < 4.78 is 26.7. The third-order valence-electron chi connectivity index (χ3n) is 2.86. The van der Waals surface area contributed by atoms with Gasteiger partial charge in [-0.2, -0.15) is 5.10 Å². The highest BCUT2D eigenvalue weighted by Crippen LogP contribution is 2.19. The Balaban J connectivity index is 1.97. The maximum atomic E-state index is 13.5. The van der Waals surface area contributed by atoms with Crippen LogP contribution >= 0.6 is 0 Å². The highest BCUT2D eigenvalue weighted by molar-refractivity contribution is 6.11. The van der Waals surface area contributed by atoms with Gasteiger partial charge < -0.3 is 5.32 Å². The minimum absolute atomic E-state index is 0.0164. The number of H-pyrrole nitrogens is 1. The van der Waals surface area contributed by atoms with Crippen molar-refractivity contribution in [2.75, 3.05) is 5.32 Å². The number of nitrogens with zero attached hydrogens (tertiary/aromatic N) is 1. The van der Waals surface area contributed by atoms with E-state index >= 15 is 0 Å². The Morgan fingerprint density at radius 1 is 1.15 bits per heavy atom. The standard InChI is InChI=1S/C14H9F2N3O/c15-8-5-6-11-9(7-8)13(19-18-11)14(20)17-12-4-2-1-3-10(12)16/h1-7H,(H,17,20)(H,18,19). The average Bonchev–Trinajstić information content (AvgIpc) is 2.84. The van der Waals surface area contributed by atoms with Gasteiger partial charge in [0.25, 0.3) is 5.91 Å². The topological polar surface area (TPSA) is 57.8 Å². The molecule has 0 radical (unpaired) electrons. The molecule has 3 aromatic rings. The minimum Gasteiger partial charge on any atom is -0.318 e. The third kappa shape index (κ3) is 2.11. The summed E-state index contributed by atoms with van der Waals surface area (Å²) in [5.41, 5.74) is 0.595. The Morgan fingerprint density at radius 2 is 1.95 bits per heavy atom. The summed E-state index contributed by atoms with van der Waals surface area (Å²) in [6, 6.07) is 9.73. The van der Waals surface area contributed by atoms with Crippen LogP contribution in [-0.4, -0.2) is 16.1 Å². The van der Waals surface area contributed by atoms with Crippen LogP contribution in [0.1, 0.15) is 10.5 Å². The number of rotatable bonds is 2. The van der Waals surface area contributed by atoms with Crippen LogP contribution in [0.2, 0.25) is 0 Å². The van der Waals surface area contributed by atoms with E-state index in [4.69, 9.17) is 0 Å². The van der Waals surface area contributed by atoms with E-state index in [2.05, 4.69) is 15.5 Å². The molecule has 1 heterocycles. The molecular formula is C14H9F2N3O. The quantitative estimate of drug-likeness (QED) is 0.753. The first-order valence-corrected chi connectivity index (χ1v) is 5.84. The Bertz CT molecular complexity index is 798. The van der Waals surface area contributed by atoms with Crippen molar-refractivity contribution in [2.45, 2.75) is 0 Å². The minimum atomic E-state index is -0.605. The molecular weight excluding hydrogens is 264 g/mol. The van der Waals surface area contributed by atoms with Gasteiger partial charge in [0, 0.05) is 5.39 Å². The fourth-order valence-electron chi connectivity index (χ4n) is 1.90. The zero-order valence-electron chi connectivity index (χ0n) is 10.2. The Morgan fingerprint density at radius 3 is 2.75 bits per heavy atom. The van der Waals surface area contributed by atoms with Gasteiger partial charge in [0.2, 0.25) is 0 Å². The lowest BCUT2D eigenvalue weighted by atomic mass is 10.2. The van der Waals surface area contributed by atoms with Gasteiger partial charge in [-0.25, -0.2) is 8.78 Å². The molecule has 0 fully saturated rings. The second-order valence-electron chi connectivity index (χ2n) is 4.20. The summed E-state index contributed by atoms with van der Waals surface area (Å²) in [7, 11) is 0. The molecule has 0 bridgehead atoms. The van der Waals surface area contributed by atoms with Crippen molar-refractivity contribution in [3.8, 4) is 0 Å². The van der Waals surface area contributed by atoms with Crippen molar-refractivity contribution in [3.05, 3.63) is 59.8 Å². The fourth-order valence-corrected chi connectivity index (χ4v) is 1.90. The third-order valence-corrected chi connectivity index (χ3v) is 2.86. The first-order chi connectivity index (χ1) is 9.65. The Kier molecular flexibility index (Phi) is 2.90. The maximum Gasteiger partial charge on any atom is 0.276 e. The molecule has 0 aliphatic carbocycles. The zero-order valence-corrected chi connectivity index (χ0v) is 10.2. The monoisotopic (exact) mass is 273 g/mol. The molecule has 20 heavy (non-hydrogen) atoms. The number of amides is 1. The number of nitrogens with one attached hydrogen (secondary N) is 2. The normalized spacial score (nSPS) is 10.7. The molecule has 3 rings (SSSR count). The Labute approximate surface area is 112 Å². The number of hydrogen-bond acceptors (Lipinski definition) is 2. The number of benzene rings is 2. The average molecular weight is 273 g/mol. The lowest BCUT2D eigenvalue weighted by molar-refractivity contribution is 0.102. The van der Waals surface area contributed by atoms with Crippen LogP contribution in [0.3, 0.4) is 0 Å². The van der Waals surface area contributed by atoms with Crippen molar-refractivity contribution < 1.29 is 13.6 Å². The molecule has 6 heteroatoms. The van der Waals surface area contributed by atoms with Gasteiger partial charge in [0.15, 0.2) is 5.69 Å². The molecule has 0 unspecified atom stereocenters. The summed E-state index contributed by atoms with van der Waals surface area (Å²) in [5.74, 6) is -1.63. The molecule has 2 aromatic carbocycles. The van der Waals surface area contributed by atoms with Gasteiger partial charge in [-0.15, -0.1) is 0 Å². The number of carbonyl (C=O) groups is 1. The Hall–Kier alpha value is -2.76. The lowest BCUT2D eigenvalue weighted by Gasteiger charge is -2.04. The molecule has 0 aliphatic rings. The van der Waals surface area contributed by atoms with Gasteiger partial charge in [-0.3, -0.25) is 9.89 Å². The summed E-state index contributed by atoms with van der Waals surface area (Å²) >= 11 is 0. The van der Waals surface area contributed by atoms with E-state index in [1.54, 1.807) is 6.07 Å². The van der Waals surface area contributed by atoms with Gasteiger partial charge in [0.1, 0.15) is 11.6 Å². The van der Waals surface area contributed by atoms with Crippen LogP contribution in [0.4, 0.5) is 14.5 Å². The maximum absolute atomic E-state index is 13.5. The molecule has 0 spiro atoms. The predicted octanol–water partition coefficient (Wildman–Crippen LogP) is 3.09. The highest BCUT2D eigenvalue weighted by Gasteiger charge is 2.16. The van der Waals surface area contributed by atoms with E-state index in [0.29, 0.717) is 10.9 Å². The van der Waals surface area contributed by atoms with Crippen molar-refractivity contribution >= 4 is 22.5 Å². The smallest absolute Gasteiger partial charge is 0.276 e. The number of para-hydroxylation sites is 1. The van der Waals surface area contributed by atoms with Gasteiger partial charge in [-0.1, -0.05) is 12.1 Å². The summed E-state index contributed by atoms with van der Waals surface area (Å²) in [6.45, 7) is 0. The summed E-state index contributed by atoms with van der Waals surface area (Å²) in [5, 5.41) is 9.21. The van der Waals surface area contributed by atoms with Gasteiger partial charge in [-0.05, 0) is 30.3 Å². The van der Waals surface area contributed by atoms with Gasteiger partial charge in [0.05, 0.1) is 11.2 Å². The number of aromatic nitrogens is 2. The molecule has 2 N–H and O–H groups in total. The highest BCUT2D eigenvalue weighted by atomic mass is 19.1. The summed E-state index contributed by atoms with van der Waals surface area (Å²) in [4.78, 5) is 12.1. The number of aromatic amines is 1. The molecule has 0 atom stereocenters. The number of anilines is 1. The fraction of sp³-hybridized carbons (Fsp3) is 0. The van der Waals surface area contributed by atoms with E-state index in [1.165, 1.54) is 36.4 Å².